The summed E-state index contributed by atoms with van der Waals surface area (Å²) < 4.78 is 0. The monoisotopic (exact) mass is 482 g/mol. The molecule has 1 unspecified atom stereocenters. The number of phenolic OH excluding ortho intramolecular Hbond substituents is 1. The zero-order valence-electron chi connectivity index (χ0n) is 23.1. The predicted octanol–water partition coefficient (Wildman–Crippen LogP) is 9.09. The molecular formula is C35H46O. The van der Waals surface area contributed by atoms with Crippen molar-refractivity contribution in [3.63, 3.8) is 0 Å². The minimum absolute atomic E-state index is 0.236. The number of rotatable bonds is 3. The summed E-state index contributed by atoms with van der Waals surface area (Å²) in [7, 11) is 0. The quantitative estimate of drug-likeness (QED) is 0.455. The molecule has 36 heavy (non-hydrogen) atoms. The zero-order chi connectivity index (χ0) is 24.6. The van der Waals surface area contributed by atoms with E-state index in [-0.39, 0.29) is 5.41 Å². The highest BCUT2D eigenvalue weighted by Gasteiger charge is 2.55. The molecule has 1 heteroatoms. The van der Waals surface area contributed by atoms with Crippen LogP contribution in [0, 0.1) is 41.4 Å². The molecule has 0 amide bonds. The van der Waals surface area contributed by atoms with E-state index in [2.05, 4.69) is 39.8 Å². The Morgan fingerprint density at radius 2 is 1.08 bits per heavy atom. The summed E-state index contributed by atoms with van der Waals surface area (Å²) in [5.74, 6) is 6.65. The van der Waals surface area contributed by atoms with E-state index in [1.165, 1.54) is 110 Å². The molecule has 1 aromatic carbocycles. The van der Waals surface area contributed by atoms with E-state index in [4.69, 9.17) is 0 Å². The lowest BCUT2D eigenvalue weighted by atomic mass is 9.46. The lowest BCUT2D eigenvalue weighted by Crippen LogP contribution is -2.50. The maximum atomic E-state index is 12.3. The van der Waals surface area contributed by atoms with Gasteiger partial charge in [0.25, 0.3) is 0 Å². The van der Waals surface area contributed by atoms with E-state index in [1.807, 2.05) is 0 Å². The van der Waals surface area contributed by atoms with Gasteiger partial charge >= 0.3 is 0 Å². The second kappa shape index (κ2) is 7.33. The van der Waals surface area contributed by atoms with Crippen molar-refractivity contribution >= 4 is 5.57 Å². The Kier molecular flexibility index (Phi) is 4.57. The number of hydrogen-bond donors (Lipinski definition) is 1. The van der Waals surface area contributed by atoms with Crippen LogP contribution < -0.4 is 0 Å². The van der Waals surface area contributed by atoms with Crippen LogP contribution in [0.1, 0.15) is 121 Å². The maximum absolute atomic E-state index is 12.3. The van der Waals surface area contributed by atoms with Gasteiger partial charge in [-0.25, -0.2) is 0 Å². The summed E-state index contributed by atoms with van der Waals surface area (Å²) in [6.07, 6.45) is 17.1. The highest BCUT2D eigenvalue weighted by Crippen LogP contribution is 2.65. The van der Waals surface area contributed by atoms with Gasteiger partial charge in [-0.1, -0.05) is 18.6 Å². The van der Waals surface area contributed by atoms with E-state index in [1.54, 1.807) is 5.56 Å². The minimum atomic E-state index is 0.236. The summed E-state index contributed by atoms with van der Waals surface area (Å²) in [4.78, 5) is 0. The molecule has 9 aliphatic rings. The highest BCUT2D eigenvalue weighted by atomic mass is 16.3. The molecule has 0 aliphatic heterocycles. The third-order valence-electron chi connectivity index (χ3n) is 13.3. The van der Waals surface area contributed by atoms with Crippen molar-refractivity contribution in [2.75, 3.05) is 0 Å². The first-order chi connectivity index (χ1) is 17.2. The molecule has 1 nitrogen and oxygen atoms in total. The van der Waals surface area contributed by atoms with Crippen LogP contribution in [0.25, 0.3) is 5.57 Å². The van der Waals surface area contributed by atoms with Crippen LogP contribution in [0.15, 0.2) is 28.9 Å². The third-order valence-corrected chi connectivity index (χ3v) is 13.3. The molecule has 8 bridgehead atoms. The van der Waals surface area contributed by atoms with Crippen LogP contribution >= 0.6 is 0 Å². The van der Waals surface area contributed by atoms with Crippen LogP contribution in [0.2, 0.25) is 0 Å². The smallest absolute Gasteiger partial charge is 0.126 e. The molecule has 0 aromatic heterocycles. The molecule has 10 rings (SSSR count). The van der Waals surface area contributed by atoms with Crippen LogP contribution in [0.3, 0.4) is 0 Å². The molecule has 9 aliphatic carbocycles. The Bertz CT molecular complexity index is 1140. The van der Waals surface area contributed by atoms with Gasteiger partial charge in [0.05, 0.1) is 0 Å². The van der Waals surface area contributed by atoms with Gasteiger partial charge < -0.3 is 5.11 Å². The van der Waals surface area contributed by atoms with Crippen LogP contribution in [-0.4, -0.2) is 5.11 Å². The SMILES string of the molecule is CC1=C(C)C(C)C(c2cc(C34CC5CC(CC(C5)C3)C4)cc(C34CC5CC(CC(C5)C3)C4)c2O)=C1C. The van der Waals surface area contributed by atoms with E-state index in [0.717, 1.165) is 35.5 Å². The standard InChI is InChI=1S/C35H46O/c1-19-20(2)22(4)32(21(19)3)30-11-29(34-13-23-5-24(14-34)7-25(6-23)15-34)12-31(33(30)36)35-16-26-8-27(17-35)10-28(9-26)18-35/h11-12,21,23-28,36H,5-10,13-18H2,1-4H3. The Labute approximate surface area is 218 Å². The average Bonchev–Trinajstić information content (AvgIpc) is 3.00. The second-order valence-electron chi connectivity index (χ2n) is 15.4. The molecule has 1 N–H and O–H groups in total. The fraction of sp³-hybridized carbons (Fsp3) is 0.714. The number of aromatic hydroxyl groups is 1. The van der Waals surface area contributed by atoms with Crippen LogP contribution in [0.5, 0.6) is 5.75 Å². The molecule has 8 fully saturated rings. The van der Waals surface area contributed by atoms with Gasteiger partial charge in [-0.3, -0.25) is 0 Å². The largest absolute Gasteiger partial charge is 0.507 e. The number of benzene rings is 1. The normalized spacial score (nSPS) is 46.5. The van der Waals surface area contributed by atoms with Gasteiger partial charge in [-0.05, 0) is 173 Å². The molecule has 0 spiro atoms. The molecule has 1 atom stereocenters. The molecular weight excluding hydrogens is 436 g/mol. The molecule has 192 valence electrons. The predicted molar refractivity (Wildman–Crippen MR) is 148 cm³/mol. The molecule has 1 aromatic rings. The van der Waals surface area contributed by atoms with Crippen LogP contribution in [-0.2, 0) is 10.8 Å². The lowest BCUT2D eigenvalue weighted by molar-refractivity contribution is -0.00901. The Morgan fingerprint density at radius 3 is 1.50 bits per heavy atom. The van der Waals surface area contributed by atoms with Gasteiger partial charge in [-0.15, -0.1) is 0 Å². The summed E-state index contributed by atoms with van der Waals surface area (Å²) in [6, 6.07) is 5.16. The highest BCUT2D eigenvalue weighted by molar-refractivity contribution is 5.83. The fourth-order valence-electron chi connectivity index (χ4n) is 12.3. The van der Waals surface area contributed by atoms with Gasteiger partial charge in [0.2, 0.25) is 0 Å². The number of hydrogen-bond acceptors (Lipinski definition) is 1. The molecule has 0 saturated heterocycles. The molecule has 0 heterocycles. The average molecular weight is 483 g/mol. The molecule has 0 radical (unpaired) electrons. The van der Waals surface area contributed by atoms with Gasteiger partial charge in [0, 0.05) is 17.0 Å². The Hall–Kier alpha value is -1.50. The van der Waals surface area contributed by atoms with E-state index in [9.17, 15) is 5.11 Å². The topological polar surface area (TPSA) is 20.2 Å². The summed E-state index contributed by atoms with van der Waals surface area (Å²) >= 11 is 0. The van der Waals surface area contributed by atoms with Crippen molar-refractivity contribution < 1.29 is 5.11 Å². The van der Waals surface area contributed by atoms with Crippen LogP contribution in [0.4, 0.5) is 0 Å². The van der Waals surface area contributed by atoms with Gasteiger partial charge in [0.1, 0.15) is 5.75 Å². The van der Waals surface area contributed by atoms with Gasteiger partial charge in [-0.2, -0.15) is 0 Å². The first-order valence-corrected chi connectivity index (χ1v) is 15.5. The first kappa shape index (κ1) is 22.5. The fourth-order valence-corrected chi connectivity index (χ4v) is 12.3. The maximum Gasteiger partial charge on any atom is 0.126 e. The van der Waals surface area contributed by atoms with Gasteiger partial charge in [0.15, 0.2) is 0 Å². The Balaban J connectivity index is 1.33. The minimum Gasteiger partial charge on any atom is -0.507 e. The molecule has 8 saturated carbocycles. The summed E-state index contributed by atoms with van der Waals surface area (Å²) in [5.41, 5.74) is 10.7. The van der Waals surface area contributed by atoms with E-state index < -0.39 is 0 Å². The van der Waals surface area contributed by atoms with E-state index >= 15 is 0 Å². The second-order valence-corrected chi connectivity index (χ2v) is 15.4. The summed E-state index contributed by atoms with van der Waals surface area (Å²) in [6.45, 7) is 9.31. The number of allylic oxidation sites excluding steroid dienone is 4. The lowest BCUT2D eigenvalue weighted by Gasteiger charge is -2.58. The van der Waals surface area contributed by atoms with Crippen molar-refractivity contribution in [1.82, 2.24) is 0 Å². The van der Waals surface area contributed by atoms with Crippen molar-refractivity contribution in [1.29, 1.82) is 0 Å². The van der Waals surface area contributed by atoms with Crippen molar-refractivity contribution in [3.8, 4) is 5.75 Å². The van der Waals surface area contributed by atoms with Crippen molar-refractivity contribution in [2.24, 2.45) is 41.4 Å². The van der Waals surface area contributed by atoms with E-state index in [0.29, 0.717) is 17.1 Å². The Morgan fingerprint density at radius 1 is 0.639 bits per heavy atom. The van der Waals surface area contributed by atoms with Crippen molar-refractivity contribution in [3.05, 3.63) is 45.5 Å². The number of phenols is 1. The van der Waals surface area contributed by atoms with Crippen molar-refractivity contribution in [2.45, 2.75) is 116 Å². The third kappa shape index (κ3) is 2.95. The zero-order valence-corrected chi connectivity index (χ0v) is 23.1. The summed E-state index contributed by atoms with van der Waals surface area (Å²) in [5, 5.41) is 12.3. The first-order valence-electron chi connectivity index (χ1n) is 15.5.